The van der Waals surface area contributed by atoms with Gasteiger partial charge in [-0.15, -0.1) is 0 Å². The molecule has 7 fully saturated rings. The Morgan fingerprint density at radius 2 is 1.07 bits per heavy atom. The number of amidine groups is 1. The summed E-state index contributed by atoms with van der Waals surface area (Å²) < 4.78 is 215. The molecule has 0 spiro atoms. The molecule has 0 radical (unpaired) electrons. The minimum atomic E-state index is -3.79. The van der Waals surface area contributed by atoms with E-state index < -0.39 is 146 Å². The maximum atomic E-state index is 12.4. The SMILES string of the molecule is C.C.C.C.C1CCN2CCCN=C2C1.C1CCOC1.CC(=O)C1CCC(=O)CC1.CI.O.[2H]C(Cl)(Cl)Cl.[2H]C1([2H])CC(C(=O)O)CC([2H])([2H])C1([2H])[2H].[2H]C1([2H])CC(C(C)=O)CC([2H])([2H])C1([2H])[2H].[2H]C1([2H])CC(C(C)=O)CC([2H])([2H])C1=NCS(=O)(=O)c1ccc(C)cc1.[2H]C1([2H])CC(C(C)=O)CC([2H])([2H])C1=O.[2H]OC.[2H][B-]([2H])([2H])[2H].[Li+].[Na+].[OH-]. The molecule has 0 unspecified atom stereocenters. The van der Waals surface area contributed by atoms with Crippen molar-refractivity contribution < 1.29 is 145 Å². The van der Waals surface area contributed by atoms with Gasteiger partial charge in [0.1, 0.15) is 40.6 Å². The van der Waals surface area contributed by atoms with Crippen LogP contribution >= 0.6 is 57.4 Å². The van der Waals surface area contributed by atoms with Crippen LogP contribution in [-0.2, 0) is 48.1 Å². The molecule has 25 heteroatoms. The summed E-state index contributed by atoms with van der Waals surface area (Å²) in [7, 11) is -5.50. The van der Waals surface area contributed by atoms with Gasteiger partial charge in [-0.05, 0) is 161 Å². The van der Waals surface area contributed by atoms with Crippen LogP contribution in [0.3, 0.4) is 0 Å². The first-order valence-electron chi connectivity index (χ1n) is 40.3. The number of carbonyl (C=O) groups is 7. The van der Waals surface area contributed by atoms with Gasteiger partial charge in [-0.3, -0.25) is 43.5 Å². The fourth-order valence-electron chi connectivity index (χ4n) is 7.84. The largest absolute Gasteiger partial charge is 1.00 e. The van der Waals surface area contributed by atoms with Crippen LogP contribution in [0.15, 0.2) is 39.1 Å². The van der Waals surface area contributed by atoms with Gasteiger partial charge >= 0.3 is 54.4 Å². The Kier molecular flexibility index (Phi) is 47.9. The molecule has 91 heavy (non-hydrogen) atoms. The number of aliphatic carboxylic acids is 1. The van der Waals surface area contributed by atoms with Crippen LogP contribution in [0.25, 0.3) is 0 Å². The summed E-state index contributed by atoms with van der Waals surface area (Å²) in [5, 5.41) is 12.2. The number of aliphatic imine (C=N–C) groups is 2. The Bertz CT molecular complexity index is 3130. The smallest absolute Gasteiger partial charge is 0.870 e. The number of aliphatic hydroxyl groups excluding tert-OH is 1. The molecular weight excluding hydrogens is 1360 g/mol. The van der Waals surface area contributed by atoms with Crippen molar-refractivity contribution in [3.8, 4) is 0 Å². The molecule has 3 aliphatic heterocycles. The van der Waals surface area contributed by atoms with Crippen molar-refractivity contribution in [3.63, 3.8) is 0 Å². The zero-order chi connectivity index (χ0) is 85.9. The third-order valence-electron chi connectivity index (χ3n) is 12.9. The molecule has 3 heterocycles. The number of carbonyl (C=O) groups excluding carboxylic acids is 6. The Labute approximate surface area is 653 Å². The molecule has 1 aromatic carbocycles. The molecule has 0 bridgehead atoms. The molecule has 17 nitrogen and oxygen atoms in total. The number of alkyl halides is 4. The number of hydrogen-bond donors (Lipinski definition) is 2. The number of aliphatic hydroxyl groups is 1. The van der Waals surface area contributed by atoms with Crippen molar-refractivity contribution in [3.05, 3.63) is 29.8 Å². The van der Waals surface area contributed by atoms with Crippen LogP contribution in [0.4, 0.5) is 0 Å². The quantitative estimate of drug-likeness (QED) is 0.141. The number of ketones is 6. The number of halogens is 4. The van der Waals surface area contributed by atoms with Crippen LogP contribution in [0.1, 0.15) is 271 Å². The van der Waals surface area contributed by atoms with E-state index in [4.69, 9.17) is 80.2 Å². The number of benzene rings is 1. The standard InChI is InChI=1S/C16H21NO3S.C8H14N2.2C8H12O2.C8H14O.C7H12O2.C4H8O.CHCl3.CH3I.CH4O.4CH4.BH4.Li.Na.2H2O/c1-12-3-9-16(10-4-12)21(19,20)11-17-15-7-5-14(6-8-15)13(2)18;1-2-6-10-7-3-5-9-8(10)4-1;2*1-6(9)7-2-4-8(10)5-3-7;1-7(9)8-5-3-2-4-6-8;8-7(9)6-4-2-1-3-5-6;1-2-4-5-3-1;2-1(3)4;2*1-2;;;;;;;;;/h3-4,9-10,14H,5-8,11H2,1-2H3;1-7H2;2*7H,2-5H2,1H3;8H,2-6H2,1H3;6H,1-5H2,(H,8,9);1-4H2;1H;1H3;2H,1H3;5*1H4;;;2*1H2/q;;;;;;;;;;;;;;-1;2*+1;;/p-1/i7D2,8D2;;4D2,5D2;;2D2,3D2,4D2;1D2,2D2,3D2;;1D;;2D;;;;;1D4;;;;. The molecule has 8 aliphatic rings. The fraction of sp³-hybridized carbons (Fsp3) is 0.773. The fourth-order valence-corrected chi connectivity index (χ4v) is 8.84. The number of aryl methyl sites for hydroxylation is 1. The molecule has 5 N–H and O–H groups in total. The molecule has 2 saturated heterocycles. The van der Waals surface area contributed by atoms with Crippen LogP contribution in [0.5, 0.6) is 0 Å². The van der Waals surface area contributed by atoms with Crippen molar-refractivity contribution in [2.45, 2.75) is 253 Å². The monoisotopic (exact) mass is 1510 g/mol. The average Bonchev–Trinajstić information content (AvgIpc) is 0.795. The minimum Gasteiger partial charge on any atom is -0.870 e. The normalized spacial score (nSPS) is 28.0. The van der Waals surface area contributed by atoms with Crippen LogP contribution < -0.4 is 48.4 Å². The Hall–Kier alpha value is -1.10. The summed E-state index contributed by atoms with van der Waals surface area (Å²) >= 11 is 16.3. The van der Waals surface area contributed by atoms with Crippen molar-refractivity contribution in [1.29, 1.82) is 6.77 Å². The van der Waals surface area contributed by atoms with E-state index in [0.29, 0.717) is 18.6 Å². The van der Waals surface area contributed by atoms with E-state index in [1.165, 1.54) is 97.5 Å². The van der Waals surface area contributed by atoms with Gasteiger partial charge in [-0.2, -0.15) is 0 Å². The molecule has 0 amide bonds. The molecular formula is C66H124BCl3ILiN3NaO14S. The van der Waals surface area contributed by atoms with Gasteiger partial charge in [0.15, 0.2) is 14.1 Å². The van der Waals surface area contributed by atoms with Crippen LogP contribution in [0, 0.1) is 36.5 Å². The first-order chi connectivity index (χ1) is 49.1. The van der Waals surface area contributed by atoms with E-state index in [0.717, 1.165) is 38.2 Å². The van der Waals surface area contributed by atoms with Gasteiger partial charge in [0.25, 0.3) is 0 Å². The van der Waals surface area contributed by atoms with Crippen molar-refractivity contribution in [2.24, 2.45) is 39.6 Å². The van der Waals surface area contributed by atoms with E-state index in [-0.39, 0.29) is 162 Å². The summed E-state index contributed by atoms with van der Waals surface area (Å²) in [5.74, 6) is -5.05. The maximum Gasteiger partial charge on any atom is 1.00 e. The molecule has 0 aromatic heterocycles. The van der Waals surface area contributed by atoms with Gasteiger partial charge < -0.3 is 30.8 Å². The molecule has 5 saturated carbocycles. The van der Waals surface area contributed by atoms with E-state index in [2.05, 4.69) is 42.6 Å². The number of piperidine rings is 1. The second-order valence-corrected chi connectivity index (χ2v) is 22.9. The van der Waals surface area contributed by atoms with Gasteiger partial charge in [-0.1, -0.05) is 151 Å². The zero-order valence-electron chi connectivity index (χ0n) is 77.9. The Morgan fingerprint density at radius 3 is 1.44 bits per heavy atom. The van der Waals surface area contributed by atoms with Crippen molar-refractivity contribution in [1.82, 2.24) is 4.90 Å². The van der Waals surface area contributed by atoms with Gasteiger partial charge in [0.2, 0.25) is 1.43 Å². The first kappa shape index (κ1) is 63.4. The van der Waals surface area contributed by atoms with Crippen molar-refractivity contribution >= 4 is 128 Å². The second-order valence-electron chi connectivity index (χ2n) is 19.2. The molecule has 5 aliphatic carbocycles. The summed E-state index contributed by atoms with van der Waals surface area (Å²) in [6, 6.07) is 6.19. The van der Waals surface area contributed by atoms with Crippen molar-refractivity contribution in [2.75, 3.05) is 50.8 Å². The second kappa shape index (κ2) is 68.8. The number of hydrogen-bond acceptors (Lipinski definition) is 15. The van der Waals surface area contributed by atoms with Crippen LogP contribution in [0.2, 0.25) is 0 Å². The van der Waals surface area contributed by atoms with E-state index in [1.807, 2.05) is 11.9 Å². The number of ether oxygens (including phenoxy) is 1. The number of Topliss-reactive ketones (excluding diaryl/α,β-unsaturated/α-hetero) is 6. The summed E-state index contributed by atoms with van der Waals surface area (Å²) in [5.41, 5.74) is 0.466. The molecule has 9 rings (SSSR count). The van der Waals surface area contributed by atoms with E-state index in [9.17, 15) is 42.0 Å². The first-order valence-corrected chi connectivity index (χ1v) is 32.0. The van der Waals surface area contributed by atoms with E-state index in [1.54, 1.807) is 19.1 Å². The van der Waals surface area contributed by atoms with Gasteiger partial charge in [0, 0.05) is 129 Å². The minimum absolute atomic E-state index is 0. The number of fused-ring (bicyclic) bond motifs is 1. The molecule has 0 atom stereocenters. The van der Waals surface area contributed by atoms with Crippen LogP contribution in [-0.4, -0.2) is 157 Å². The summed E-state index contributed by atoms with van der Waals surface area (Å²) in [6.45, 7) is 12.9. The maximum absolute atomic E-state index is 12.4. The Morgan fingerprint density at radius 1 is 0.692 bits per heavy atom. The van der Waals surface area contributed by atoms with Gasteiger partial charge in [-0.25, -0.2) is 13.8 Å². The number of sulfone groups is 1. The predicted octanol–water partition coefficient (Wildman–Crippen LogP) is 8.24. The third kappa shape index (κ3) is 55.6. The number of nitrogens with zero attached hydrogens (tertiary/aromatic N) is 3. The number of carboxylic acids is 1. The average molecular weight is 1520 g/mol. The number of carboxylic acid groups (broad SMARTS) is 1. The summed E-state index contributed by atoms with van der Waals surface area (Å²) in [6.07, 6.45) is -15.1. The number of rotatable bonds is 8. The predicted molar refractivity (Wildman–Crippen MR) is 386 cm³/mol. The third-order valence-corrected chi connectivity index (χ3v) is 14.4. The molecule has 526 valence electrons. The molecule has 1 aromatic rings. The van der Waals surface area contributed by atoms with Gasteiger partial charge in [0.05, 0.1) is 18.0 Å². The zero-order valence-corrected chi connectivity index (χ0v) is 59.1. The van der Waals surface area contributed by atoms with E-state index >= 15 is 0 Å². The topological polar surface area (TPSA) is 293 Å². The summed E-state index contributed by atoms with van der Waals surface area (Å²) in [4.78, 5) is 90.0. The Balaban J connectivity index is -0.000000141.